The van der Waals surface area contributed by atoms with Gasteiger partial charge < -0.3 is 19.7 Å². The third-order valence-electron chi connectivity index (χ3n) is 5.91. The number of aromatic nitrogens is 2. The SMILES string of the molecule is CN=C(NCc1nccn1Cc1ccccc1)N1CCC(CN2CCCC2)C1.I. The molecular formula is C22H33IN6. The quantitative estimate of drug-likeness (QED) is 0.371. The number of benzene rings is 1. The number of hydrogen-bond acceptors (Lipinski definition) is 3. The van der Waals surface area contributed by atoms with Gasteiger partial charge in [0.15, 0.2) is 5.96 Å². The lowest BCUT2D eigenvalue weighted by Crippen LogP contribution is -2.40. The van der Waals surface area contributed by atoms with Crippen LogP contribution >= 0.6 is 24.0 Å². The molecule has 2 aliphatic rings. The first-order valence-corrected chi connectivity index (χ1v) is 10.5. The van der Waals surface area contributed by atoms with E-state index in [1.54, 1.807) is 0 Å². The van der Waals surface area contributed by atoms with Gasteiger partial charge in [-0.05, 0) is 43.8 Å². The van der Waals surface area contributed by atoms with Gasteiger partial charge in [0.2, 0.25) is 0 Å². The third kappa shape index (κ3) is 5.94. The van der Waals surface area contributed by atoms with Gasteiger partial charge in [0.05, 0.1) is 6.54 Å². The van der Waals surface area contributed by atoms with Crippen molar-refractivity contribution in [2.45, 2.75) is 32.4 Å². The molecule has 29 heavy (non-hydrogen) atoms. The summed E-state index contributed by atoms with van der Waals surface area (Å²) in [6.45, 7) is 7.55. The Hall–Kier alpha value is -1.61. The predicted molar refractivity (Wildman–Crippen MR) is 129 cm³/mol. The Morgan fingerprint density at radius 2 is 1.97 bits per heavy atom. The average Bonchev–Trinajstić information content (AvgIpc) is 3.47. The van der Waals surface area contributed by atoms with Gasteiger partial charge in [-0.1, -0.05) is 30.3 Å². The van der Waals surface area contributed by atoms with Gasteiger partial charge >= 0.3 is 0 Å². The molecule has 0 saturated carbocycles. The van der Waals surface area contributed by atoms with E-state index in [0.29, 0.717) is 6.54 Å². The summed E-state index contributed by atoms with van der Waals surface area (Å²) in [6.07, 6.45) is 7.93. The molecule has 0 bridgehead atoms. The summed E-state index contributed by atoms with van der Waals surface area (Å²) in [7, 11) is 1.88. The molecule has 0 spiro atoms. The van der Waals surface area contributed by atoms with E-state index in [-0.39, 0.29) is 24.0 Å². The number of imidazole rings is 1. The van der Waals surface area contributed by atoms with Crippen LogP contribution in [0.3, 0.4) is 0 Å². The molecule has 1 aromatic heterocycles. The highest BCUT2D eigenvalue weighted by molar-refractivity contribution is 14.0. The first-order chi connectivity index (χ1) is 13.8. The summed E-state index contributed by atoms with van der Waals surface area (Å²) in [4.78, 5) is 14.1. The minimum atomic E-state index is 0. The maximum atomic E-state index is 4.55. The number of nitrogens with zero attached hydrogens (tertiary/aromatic N) is 5. The molecule has 2 aromatic rings. The van der Waals surface area contributed by atoms with Crippen molar-refractivity contribution in [3.05, 3.63) is 54.1 Å². The molecule has 2 saturated heterocycles. The Labute approximate surface area is 191 Å². The molecule has 2 fully saturated rings. The molecule has 1 atom stereocenters. The molecule has 7 heteroatoms. The van der Waals surface area contributed by atoms with Gasteiger partial charge in [0, 0.05) is 45.6 Å². The van der Waals surface area contributed by atoms with Gasteiger partial charge in [-0.15, -0.1) is 24.0 Å². The number of guanidine groups is 1. The summed E-state index contributed by atoms with van der Waals surface area (Å²) in [5.41, 5.74) is 1.29. The lowest BCUT2D eigenvalue weighted by Gasteiger charge is -2.23. The Bertz CT molecular complexity index is 769. The largest absolute Gasteiger partial charge is 0.349 e. The van der Waals surface area contributed by atoms with E-state index < -0.39 is 0 Å². The fraction of sp³-hybridized carbons (Fsp3) is 0.545. The van der Waals surface area contributed by atoms with Gasteiger partial charge in [0.1, 0.15) is 5.82 Å². The lowest BCUT2D eigenvalue weighted by atomic mass is 10.1. The zero-order valence-corrected chi connectivity index (χ0v) is 19.7. The van der Waals surface area contributed by atoms with E-state index in [2.05, 4.69) is 66.2 Å². The number of aliphatic imine (C=N–C) groups is 1. The van der Waals surface area contributed by atoms with Gasteiger partial charge in [-0.3, -0.25) is 4.99 Å². The van der Waals surface area contributed by atoms with Crippen molar-refractivity contribution in [1.29, 1.82) is 0 Å². The number of nitrogens with one attached hydrogen (secondary N) is 1. The second-order valence-electron chi connectivity index (χ2n) is 7.97. The van der Waals surface area contributed by atoms with Crippen LogP contribution in [-0.4, -0.2) is 65.1 Å². The highest BCUT2D eigenvalue weighted by Crippen LogP contribution is 2.20. The number of halogens is 1. The zero-order valence-electron chi connectivity index (χ0n) is 17.3. The first-order valence-electron chi connectivity index (χ1n) is 10.5. The van der Waals surface area contributed by atoms with Crippen LogP contribution in [0.25, 0.3) is 0 Å². The second-order valence-corrected chi connectivity index (χ2v) is 7.97. The maximum absolute atomic E-state index is 4.55. The van der Waals surface area contributed by atoms with E-state index in [1.807, 2.05) is 13.2 Å². The third-order valence-corrected chi connectivity index (χ3v) is 5.91. The Kier molecular flexibility index (Phi) is 8.35. The number of likely N-dealkylation sites (tertiary alicyclic amines) is 2. The van der Waals surface area contributed by atoms with Gasteiger partial charge in [-0.25, -0.2) is 4.98 Å². The van der Waals surface area contributed by atoms with Gasteiger partial charge in [-0.2, -0.15) is 0 Å². The summed E-state index contributed by atoms with van der Waals surface area (Å²) in [5.74, 6) is 2.80. The first kappa shape index (κ1) is 22.1. The molecule has 158 valence electrons. The fourth-order valence-electron chi connectivity index (χ4n) is 4.43. The minimum absolute atomic E-state index is 0. The summed E-state index contributed by atoms with van der Waals surface area (Å²) in [5, 5.41) is 3.53. The van der Waals surface area contributed by atoms with Crippen LogP contribution < -0.4 is 5.32 Å². The highest BCUT2D eigenvalue weighted by atomic mass is 127. The molecular weight excluding hydrogens is 475 g/mol. The Morgan fingerprint density at radius 1 is 1.17 bits per heavy atom. The average molecular weight is 508 g/mol. The van der Waals surface area contributed by atoms with Crippen LogP contribution in [0, 0.1) is 5.92 Å². The normalized spacial score (nSPS) is 20.1. The van der Waals surface area contributed by atoms with Crippen molar-refractivity contribution in [2.24, 2.45) is 10.9 Å². The summed E-state index contributed by atoms with van der Waals surface area (Å²) in [6, 6.07) is 10.5. The van der Waals surface area contributed by atoms with E-state index >= 15 is 0 Å². The number of hydrogen-bond donors (Lipinski definition) is 1. The summed E-state index contributed by atoms with van der Waals surface area (Å²) >= 11 is 0. The van der Waals surface area contributed by atoms with E-state index in [0.717, 1.165) is 37.3 Å². The lowest BCUT2D eigenvalue weighted by molar-refractivity contribution is 0.281. The molecule has 1 N–H and O–H groups in total. The smallest absolute Gasteiger partial charge is 0.194 e. The maximum Gasteiger partial charge on any atom is 0.194 e. The second kappa shape index (κ2) is 11.0. The van der Waals surface area contributed by atoms with Crippen LogP contribution in [0.5, 0.6) is 0 Å². The topological polar surface area (TPSA) is 48.7 Å². The van der Waals surface area contributed by atoms with Crippen LogP contribution in [0.2, 0.25) is 0 Å². The van der Waals surface area contributed by atoms with E-state index in [9.17, 15) is 0 Å². The molecule has 4 rings (SSSR count). The molecule has 2 aliphatic heterocycles. The van der Waals surface area contributed by atoms with E-state index in [4.69, 9.17) is 0 Å². The molecule has 0 aliphatic carbocycles. The van der Waals surface area contributed by atoms with Crippen molar-refractivity contribution in [1.82, 2.24) is 24.7 Å². The monoisotopic (exact) mass is 508 g/mol. The standard InChI is InChI=1S/C22H32N6.HI/c1-23-22(28-13-9-20(18-28)16-26-11-5-6-12-26)25-15-21-24-10-14-27(21)17-19-7-3-2-4-8-19;/h2-4,7-8,10,14,20H,5-6,9,11-13,15-18H2,1H3,(H,23,25);1H. The van der Waals surface area contributed by atoms with Crippen LogP contribution in [0.1, 0.15) is 30.7 Å². The van der Waals surface area contributed by atoms with Crippen molar-refractivity contribution in [3.8, 4) is 0 Å². The fourth-order valence-corrected chi connectivity index (χ4v) is 4.43. The highest BCUT2D eigenvalue weighted by Gasteiger charge is 2.27. The van der Waals surface area contributed by atoms with E-state index in [1.165, 1.54) is 44.5 Å². The van der Waals surface area contributed by atoms with Crippen LogP contribution in [0.15, 0.2) is 47.7 Å². The van der Waals surface area contributed by atoms with Gasteiger partial charge in [0.25, 0.3) is 0 Å². The Balaban J connectivity index is 0.00000240. The van der Waals surface area contributed by atoms with Crippen molar-refractivity contribution < 1.29 is 0 Å². The molecule has 0 amide bonds. The minimum Gasteiger partial charge on any atom is -0.349 e. The summed E-state index contributed by atoms with van der Waals surface area (Å²) < 4.78 is 2.20. The van der Waals surface area contributed by atoms with Crippen LogP contribution in [0.4, 0.5) is 0 Å². The molecule has 0 radical (unpaired) electrons. The molecule has 6 nitrogen and oxygen atoms in total. The predicted octanol–water partition coefficient (Wildman–Crippen LogP) is 3.04. The van der Waals surface area contributed by atoms with Crippen molar-refractivity contribution in [3.63, 3.8) is 0 Å². The molecule has 1 unspecified atom stereocenters. The van der Waals surface area contributed by atoms with Crippen molar-refractivity contribution in [2.75, 3.05) is 39.8 Å². The zero-order chi connectivity index (χ0) is 19.2. The number of rotatable bonds is 6. The molecule has 3 heterocycles. The Morgan fingerprint density at radius 3 is 2.72 bits per heavy atom. The van der Waals surface area contributed by atoms with Crippen molar-refractivity contribution >= 4 is 29.9 Å². The van der Waals surface area contributed by atoms with Crippen LogP contribution in [-0.2, 0) is 13.1 Å². The molecule has 1 aromatic carbocycles.